The average molecular weight is 175 g/mol. The standard InChI is InChI=1S/C7H17N3O2/c1-2-9-3-5-12-6-4-10-7(8)11/h9H,2-6H2,1H3,(H3,8,10,11). The molecule has 0 radical (unpaired) electrons. The number of nitrogens with two attached hydrogens (primary N) is 1. The smallest absolute Gasteiger partial charge is 0.312 e. The Hall–Kier alpha value is -0.810. The first kappa shape index (κ1) is 11.2. The summed E-state index contributed by atoms with van der Waals surface area (Å²) in [4.78, 5) is 10.2. The minimum atomic E-state index is -0.509. The molecule has 0 unspecified atom stereocenters. The Balaban J connectivity index is 2.86. The van der Waals surface area contributed by atoms with Crippen LogP contribution in [0.3, 0.4) is 0 Å². The first-order valence-electron chi connectivity index (χ1n) is 4.09. The highest BCUT2D eigenvalue weighted by Gasteiger charge is 1.90. The second kappa shape index (κ2) is 8.29. The predicted molar refractivity (Wildman–Crippen MR) is 46.9 cm³/mol. The summed E-state index contributed by atoms with van der Waals surface area (Å²) < 4.78 is 5.15. The van der Waals surface area contributed by atoms with E-state index in [9.17, 15) is 4.79 Å². The van der Waals surface area contributed by atoms with Crippen LogP contribution in [-0.2, 0) is 4.74 Å². The Morgan fingerprint density at radius 2 is 2.08 bits per heavy atom. The molecule has 0 fully saturated rings. The number of urea groups is 1. The molecule has 0 aromatic rings. The third kappa shape index (κ3) is 9.19. The van der Waals surface area contributed by atoms with E-state index in [1.54, 1.807) is 0 Å². The van der Waals surface area contributed by atoms with Crippen LogP contribution >= 0.6 is 0 Å². The maximum atomic E-state index is 10.2. The van der Waals surface area contributed by atoms with Crippen LogP contribution in [0.25, 0.3) is 0 Å². The lowest BCUT2D eigenvalue weighted by Gasteiger charge is -2.04. The van der Waals surface area contributed by atoms with Crippen LogP contribution in [0.2, 0.25) is 0 Å². The topological polar surface area (TPSA) is 76.4 Å². The molecule has 72 valence electrons. The van der Waals surface area contributed by atoms with E-state index >= 15 is 0 Å². The highest BCUT2D eigenvalue weighted by Crippen LogP contribution is 1.71. The number of primary amides is 1. The van der Waals surface area contributed by atoms with Gasteiger partial charge in [-0.2, -0.15) is 0 Å². The molecule has 0 saturated carbocycles. The Labute approximate surface area is 72.6 Å². The average Bonchev–Trinajstić information content (AvgIpc) is 2.02. The lowest BCUT2D eigenvalue weighted by molar-refractivity contribution is 0.139. The lowest BCUT2D eigenvalue weighted by atomic mass is 10.6. The maximum absolute atomic E-state index is 10.2. The monoisotopic (exact) mass is 175 g/mol. The molecule has 5 heteroatoms. The van der Waals surface area contributed by atoms with Crippen LogP contribution in [0.1, 0.15) is 6.92 Å². The first-order chi connectivity index (χ1) is 5.77. The fourth-order valence-corrected chi connectivity index (χ4v) is 0.670. The Morgan fingerprint density at radius 1 is 1.42 bits per heavy atom. The third-order valence-electron chi connectivity index (χ3n) is 1.22. The van der Waals surface area contributed by atoms with Gasteiger partial charge in [0, 0.05) is 13.1 Å². The van der Waals surface area contributed by atoms with E-state index in [2.05, 4.69) is 10.6 Å². The third-order valence-corrected chi connectivity index (χ3v) is 1.22. The van der Waals surface area contributed by atoms with Gasteiger partial charge < -0.3 is 21.1 Å². The molecular formula is C7H17N3O2. The molecule has 12 heavy (non-hydrogen) atoms. The summed E-state index contributed by atoms with van der Waals surface area (Å²) in [5.41, 5.74) is 4.84. The van der Waals surface area contributed by atoms with E-state index in [1.807, 2.05) is 6.92 Å². The number of hydrogen-bond acceptors (Lipinski definition) is 3. The van der Waals surface area contributed by atoms with Gasteiger partial charge >= 0.3 is 6.03 Å². The zero-order chi connectivity index (χ0) is 9.23. The molecule has 0 rings (SSSR count). The van der Waals surface area contributed by atoms with Crippen LogP contribution < -0.4 is 16.4 Å². The van der Waals surface area contributed by atoms with E-state index in [1.165, 1.54) is 0 Å². The van der Waals surface area contributed by atoms with Crippen molar-refractivity contribution in [2.45, 2.75) is 6.92 Å². The second-order valence-electron chi connectivity index (χ2n) is 2.26. The van der Waals surface area contributed by atoms with Gasteiger partial charge in [0.2, 0.25) is 0 Å². The van der Waals surface area contributed by atoms with Crippen LogP contribution in [-0.4, -0.2) is 38.9 Å². The molecule has 0 aromatic carbocycles. The number of carbonyl (C=O) groups excluding carboxylic acids is 1. The molecule has 0 aliphatic heterocycles. The molecule has 0 aliphatic rings. The van der Waals surface area contributed by atoms with Gasteiger partial charge in [-0.3, -0.25) is 0 Å². The molecule has 0 atom stereocenters. The normalized spacial score (nSPS) is 9.75. The van der Waals surface area contributed by atoms with E-state index < -0.39 is 6.03 Å². The van der Waals surface area contributed by atoms with Crippen molar-refractivity contribution in [1.82, 2.24) is 10.6 Å². The van der Waals surface area contributed by atoms with Gasteiger partial charge in [-0.15, -0.1) is 0 Å². The van der Waals surface area contributed by atoms with Crippen LogP contribution in [0.15, 0.2) is 0 Å². The van der Waals surface area contributed by atoms with Crippen LogP contribution in [0.5, 0.6) is 0 Å². The van der Waals surface area contributed by atoms with Gasteiger partial charge in [0.25, 0.3) is 0 Å². The van der Waals surface area contributed by atoms with Gasteiger partial charge in [-0.25, -0.2) is 4.79 Å². The maximum Gasteiger partial charge on any atom is 0.312 e. The quantitative estimate of drug-likeness (QED) is 0.447. The summed E-state index contributed by atoms with van der Waals surface area (Å²) in [6.07, 6.45) is 0. The van der Waals surface area contributed by atoms with Crippen molar-refractivity contribution in [1.29, 1.82) is 0 Å². The van der Waals surface area contributed by atoms with E-state index in [-0.39, 0.29) is 0 Å². The Morgan fingerprint density at radius 3 is 2.67 bits per heavy atom. The van der Waals surface area contributed by atoms with Gasteiger partial charge in [0.1, 0.15) is 0 Å². The molecule has 0 bridgehead atoms. The molecule has 0 spiro atoms. The molecule has 0 heterocycles. The Bertz CT molecular complexity index is 119. The highest BCUT2D eigenvalue weighted by atomic mass is 16.5. The van der Waals surface area contributed by atoms with Crippen molar-refractivity contribution >= 4 is 6.03 Å². The van der Waals surface area contributed by atoms with Gasteiger partial charge in [0.05, 0.1) is 13.2 Å². The number of ether oxygens (including phenoxy) is 1. The highest BCUT2D eigenvalue weighted by molar-refractivity contribution is 5.71. The minimum Gasteiger partial charge on any atom is -0.378 e. The largest absolute Gasteiger partial charge is 0.378 e. The number of amides is 2. The number of rotatable bonds is 7. The molecule has 0 aromatic heterocycles. The summed E-state index contributed by atoms with van der Waals surface area (Å²) in [5, 5.41) is 5.54. The van der Waals surface area contributed by atoms with Crippen molar-refractivity contribution < 1.29 is 9.53 Å². The van der Waals surface area contributed by atoms with Gasteiger partial charge in [-0.05, 0) is 6.54 Å². The summed E-state index contributed by atoms with van der Waals surface area (Å²) in [6, 6.07) is -0.509. The summed E-state index contributed by atoms with van der Waals surface area (Å²) in [5.74, 6) is 0. The minimum absolute atomic E-state index is 0.474. The fraction of sp³-hybridized carbons (Fsp3) is 0.857. The fourth-order valence-electron chi connectivity index (χ4n) is 0.670. The van der Waals surface area contributed by atoms with Crippen molar-refractivity contribution in [3.8, 4) is 0 Å². The SMILES string of the molecule is CCNCCOCCNC(N)=O. The van der Waals surface area contributed by atoms with Crippen LogP contribution in [0, 0.1) is 0 Å². The zero-order valence-corrected chi connectivity index (χ0v) is 7.43. The zero-order valence-electron chi connectivity index (χ0n) is 7.43. The Kier molecular flexibility index (Phi) is 7.73. The molecule has 5 nitrogen and oxygen atoms in total. The molecule has 2 amide bonds. The van der Waals surface area contributed by atoms with E-state index in [4.69, 9.17) is 10.5 Å². The van der Waals surface area contributed by atoms with Gasteiger partial charge in [-0.1, -0.05) is 6.92 Å². The van der Waals surface area contributed by atoms with Gasteiger partial charge in [0.15, 0.2) is 0 Å². The second-order valence-corrected chi connectivity index (χ2v) is 2.26. The summed E-state index contributed by atoms with van der Waals surface area (Å²) in [7, 11) is 0. The lowest BCUT2D eigenvalue weighted by Crippen LogP contribution is -2.32. The number of carbonyl (C=O) groups is 1. The predicted octanol–water partition coefficient (Wildman–Crippen LogP) is -0.719. The molecule has 4 N–H and O–H groups in total. The first-order valence-corrected chi connectivity index (χ1v) is 4.09. The summed E-state index contributed by atoms with van der Waals surface area (Å²) >= 11 is 0. The van der Waals surface area contributed by atoms with Crippen molar-refractivity contribution in [3.05, 3.63) is 0 Å². The number of hydrogen-bond donors (Lipinski definition) is 3. The molecule has 0 saturated heterocycles. The van der Waals surface area contributed by atoms with Crippen molar-refractivity contribution in [3.63, 3.8) is 0 Å². The number of likely N-dealkylation sites (N-methyl/N-ethyl adjacent to an activating group) is 1. The van der Waals surface area contributed by atoms with E-state index in [0.717, 1.165) is 13.1 Å². The van der Waals surface area contributed by atoms with Crippen molar-refractivity contribution in [2.75, 3.05) is 32.8 Å². The summed E-state index contributed by atoms with van der Waals surface area (Å²) in [6.45, 7) is 5.47. The van der Waals surface area contributed by atoms with Crippen molar-refractivity contribution in [2.24, 2.45) is 5.73 Å². The van der Waals surface area contributed by atoms with E-state index in [0.29, 0.717) is 19.8 Å². The number of nitrogens with one attached hydrogen (secondary N) is 2. The molecule has 0 aliphatic carbocycles. The molecular weight excluding hydrogens is 158 g/mol. The van der Waals surface area contributed by atoms with Crippen LogP contribution in [0.4, 0.5) is 4.79 Å².